The van der Waals surface area contributed by atoms with Crippen LogP contribution in [-0.4, -0.2) is 53.5 Å². The molecule has 10 nitrogen and oxygen atoms in total. The van der Waals surface area contributed by atoms with E-state index in [2.05, 4.69) is 9.60 Å². The molecule has 2 bridgehead atoms. The molecule has 11 heteroatoms. The molecule has 2 atom stereocenters. The number of fused-ring (bicyclic) bond motifs is 2. The minimum Gasteiger partial charge on any atom is -0.724 e. The Morgan fingerprint density at radius 1 is 1.38 bits per heavy atom. The van der Waals surface area contributed by atoms with E-state index in [1.807, 2.05) is 11.6 Å². The summed E-state index contributed by atoms with van der Waals surface area (Å²) in [6.07, 6.45) is 4.24. The second-order valence-electron chi connectivity index (χ2n) is 5.73. The van der Waals surface area contributed by atoms with Gasteiger partial charge in [-0.05, 0) is 12.8 Å². The van der Waals surface area contributed by atoms with Gasteiger partial charge in [-0.1, -0.05) is 0 Å². The Bertz CT molecular complexity index is 765. The lowest BCUT2D eigenvalue weighted by molar-refractivity contribution is -0.671. The number of carbonyl (C=O) groups excluding carboxylic acids is 2. The molecule has 2 fully saturated rings. The van der Waals surface area contributed by atoms with Crippen LogP contribution in [0.4, 0.5) is 10.5 Å². The van der Waals surface area contributed by atoms with E-state index in [4.69, 9.17) is 0 Å². The summed E-state index contributed by atoms with van der Waals surface area (Å²) in [5.41, 5.74) is 0.585. The molecule has 3 rings (SSSR count). The maximum absolute atomic E-state index is 12.4. The monoisotopic (exact) mass is 356 g/mol. The molecule has 0 radical (unpaired) electrons. The van der Waals surface area contributed by atoms with Crippen molar-refractivity contribution in [1.29, 1.82) is 0 Å². The third kappa shape index (κ3) is 3.32. The van der Waals surface area contributed by atoms with Crippen molar-refractivity contribution in [2.45, 2.75) is 24.9 Å². The topological polar surface area (TPSA) is 123 Å². The van der Waals surface area contributed by atoms with Crippen molar-refractivity contribution >= 4 is 28.0 Å². The van der Waals surface area contributed by atoms with Crippen LogP contribution >= 0.6 is 0 Å². The van der Waals surface area contributed by atoms with Gasteiger partial charge in [0.25, 0.3) is 0 Å². The number of amides is 3. The van der Waals surface area contributed by atoms with Gasteiger partial charge in [-0.15, -0.1) is 0 Å². The molecule has 130 valence electrons. The number of rotatable bonds is 4. The lowest BCUT2D eigenvalue weighted by Crippen LogP contribution is -2.47. The predicted molar refractivity (Wildman–Crippen MR) is 77.8 cm³/mol. The number of pyridine rings is 1. The summed E-state index contributed by atoms with van der Waals surface area (Å²) in [7, 11) is -3.20. The van der Waals surface area contributed by atoms with Crippen molar-refractivity contribution < 1.29 is 31.4 Å². The normalized spacial score (nSPS) is 23.5. The van der Waals surface area contributed by atoms with Crippen LogP contribution < -0.4 is 9.88 Å². The molecule has 0 saturated carbocycles. The molecule has 24 heavy (non-hydrogen) atoms. The lowest BCUT2D eigenvalue weighted by atomic mass is 10.0. The van der Waals surface area contributed by atoms with Crippen molar-refractivity contribution in [2.24, 2.45) is 7.05 Å². The lowest BCUT2D eigenvalue weighted by Gasteiger charge is -2.29. The molecule has 0 aliphatic carbocycles. The number of nitrogens with one attached hydrogen (secondary N) is 1. The largest absolute Gasteiger partial charge is 0.724 e. The fourth-order valence-corrected chi connectivity index (χ4v) is 3.29. The van der Waals surface area contributed by atoms with E-state index in [0.29, 0.717) is 23.6 Å². The summed E-state index contributed by atoms with van der Waals surface area (Å²) in [5, 5.41) is 3.27. The van der Waals surface area contributed by atoms with Crippen LogP contribution in [-0.2, 0) is 26.5 Å². The van der Waals surface area contributed by atoms with E-state index in [-0.39, 0.29) is 12.5 Å². The zero-order chi connectivity index (χ0) is 17.5. The smallest absolute Gasteiger partial charge is 0.346 e. The number of hydrogen-bond acceptors (Lipinski definition) is 6. The maximum atomic E-state index is 12.4. The molecule has 0 unspecified atom stereocenters. The second kappa shape index (κ2) is 6.00. The Morgan fingerprint density at radius 2 is 2.04 bits per heavy atom. The molecule has 2 aliphatic rings. The van der Waals surface area contributed by atoms with Crippen LogP contribution in [0.25, 0.3) is 0 Å². The maximum Gasteiger partial charge on any atom is 0.346 e. The van der Waals surface area contributed by atoms with Crippen molar-refractivity contribution in [2.75, 3.05) is 11.9 Å². The first-order valence-corrected chi connectivity index (χ1v) is 8.59. The number of anilines is 1. The molecule has 0 aromatic carbocycles. The Labute approximate surface area is 138 Å². The first kappa shape index (κ1) is 16.6. The summed E-state index contributed by atoms with van der Waals surface area (Å²) in [4.78, 5) is 25.9. The number of hydrogen-bond donors (Lipinski definition) is 1. The fraction of sp³-hybridized carbons (Fsp3) is 0.462. The molecular weight excluding hydrogens is 340 g/mol. The highest BCUT2D eigenvalue weighted by Crippen LogP contribution is 2.31. The average Bonchev–Trinajstić information content (AvgIpc) is 2.73. The molecular formula is C13H16N4O6S. The van der Waals surface area contributed by atoms with E-state index in [1.54, 1.807) is 24.5 Å². The summed E-state index contributed by atoms with van der Waals surface area (Å²) in [5.74, 6) is -0.373. The molecule has 1 N–H and O–H groups in total. The number of nitrogens with zero attached hydrogens (tertiary/aromatic N) is 3. The van der Waals surface area contributed by atoms with Crippen LogP contribution in [0.1, 0.15) is 12.8 Å². The van der Waals surface area contributed by atoms with E-state index < -0.39 is 28.5 Å². The SMILES string of the molecule is C[n+]1ccc(NC(=O)[C@@H]2CC[C@@H]3CN2C(=O)N3OS(=O)(=O)[O-])cc1. The number of urea groups is 1. The van der Waals surface area contributed by atoms with Gasteiger partial charge in [-0.3, -0.25) is 4.79 Å². The molecule has 2 saturated heterocycles. The van der Waals surface area contributed by atoms with Gasteiger partial charge in [-0.25, -0.2) is 17.8 Å². The Morgan fingerprint density at radius 3 is 2.67 bits per heavy atom. The third-order valence-electron chi connectivity index (χ3n) is 4.04. The van der Waals surface area contributed by atoms with Crippen LogP contribution in [0.5, 0.6) is 0 Å². The quantitative estimate of drug-likeness (QED) is 0.424. The molecule has 1 aromatic heterocycles. The fourth-order valence-electron chi connectivity index (χ4n) is 2.91. The van der Waals surface area contributed by atoms with Crippen molar-refractivity contribution in [3.8, 4) is 0 Å². The van der Waals surface area contributed by atoms with Crippen LogP contribution in [0, 0.1) is 0 Å². The molecule has 2 aliphatic heterocycles. The van der Waals surface area contributed by atoms with Gasteiger partial charge in [0.15, 0.2) is 12.4 Å². The molecule has 1 aromatic rings. The summed E-state index contributed by atoms with van der Waals surface area (Å²) < 4.78 is 38.2. The summed E-state index contributed by atoms with van der Waals surface area (Å²) >= 11 is 0. The van der Waals surface area contributed by atoms with Gasteiger partial charge in [0.1, 0.15) is 13.1 Å². The molecule has 3 amide bonds. The van der Waals surface area contributed by atoms with Crippen molar-refractivity contribution in [1.82, 2.24) is 9.96 Å². The zero-order valence-corrected chi connectivity index (χ0v) is 13.6. The first-order chi connectivity index (χ1) is 11.2. The van der Waals surface area contributed by atoms with Gasteiger partial charge < -0.3 is 14.8 Å². The first-order valence-electron chi connectivity index (χ1n) is 7.26. The molecule has 0 spiro atoms. The Hall–Kier alpha value is -2.24. The van der Waals surface area contributed by atoms with Gasteiger partial charge >= 0.3 is 6.03 Å². The van der Waals surface area contributed by atoms with Gasteiger partial charge in [-0.2, -0.15) is 9.35 Å². The minimum atomic E-state index is -5.04. The van der Waals surface area contributed by atoms with E-state index in [9.17, 15) is 22.6 Å². The third-order valence-corrected chi connectivity index (χ3v) is 4.39. The predicted octanol–water partition coefficient (Wildman–Crippen LogP) is -0.890. The Kier molecular flexibility index (Phi) is 4.15. The van der Waals surface area contributed by atoms with Crippen LogP contribution in [0.3, 0.4) is 0 Å². The minimum absolute atomic E-state index is 0.135. The molecule has 3 heterocycles. The van der Waals surface area contributed by atoms with Crippen molar-refractivity contribution in [3.05, 3.63) is 24.5 Å². The number of hydroxylamine groups is 2. The highest BCUT2D eigenvalue weighted by Gasteiger charge is 2.48. The zero-order valence-electron chi connectivity index (χ0n) is 12.8. The van der Waals surface area contributed by atoms with Gasteiger partial charge in [0.2, 0.25) is 16.3 Å². The van der Waals surface area contributed by atoms with Gasteiger partial charge in [0, 0.05) is 18.7 Å². The van der Waals surface area contributed by atoms with Crippen LogP contribution in [0.2, 0.25) is 0 Å². The van der Waals surface area contributed by atoms with Crippen molar-refractivity contribution in [3.63, 3.8) is 0 Å². The van der Waals surface area contributed by atoms with E-state index in [0.717, 1.165) is 0 Å². The van der Waals surface area contributed by atoms with E-state index in [1.165, 1.54) is 4.90 Å². The number of carbonyl (C=O) groups is 2. The van der Waals surface area contributed by atoms with E-state index >= 15 is 0 Å². The highest BCUT2D eigenvalue weighted by molar-refractivity contribution is 7.80. The standard InChI is InChI=1S/C13H16N4O6S/c1-15-6-4-9(5-7-15)14-12(18)11-3-2-10-8-16(11)13(19)17(10)23-24(20,21)22/h4-7,10-11H,2-3,8H2,1H3,(H,20,21,22)/t10-,11+/m1/s1. The summed E-state index contributed by atoms with van der Waals surface area (Å²) in [6, 6.07) is 1.34. The van der Waals surface area contributed by atoms with Crippen LogP contribution in [0.15, 0.2) is 24.5 Å². The summed E-state index contributed by atoms with van der Waals surface area (Å²) in [6.45, 7) is 0.135. The van der Waals surface area contributed by atoms with Gasteiger partial charge in [0.05, 0.1) is 11.7 Å². The number of aromatic nitrogens is 1. The number of piperidine rings is 1. The Balaban J connectivity index is 1.71. The second-order valence-corrected chi connectivity index (χ2v) is 6.70. The number of aryl methyl sites for hydroxylation is 1. The highest BCUT2D eigenvalue weighted by atomic mass is 32.3. The average molecular weight is 356 g/mol.